The highest BCUT2D eigenvalue weighted by Gasteiger charge is 2.11. The van der Waals surface area contributed by atoms with Crippen molar-refractivity contribution in [2.75, 3.05) is 19.9 Å². The van der Waals surface area contributed by atoms with E-state index >= 15 is 0 Å². The van der Waals surface area contributed by atoms with Crippen molar-refractivity contribution in [3.63, 3.8) is 0 Å². The van der Waals surface area contributed by atoms with Crippen LogP contribution < -0.4 is 5.32 Å². The first-order valence-electron chi connectivity index (χ1n) is 4.61. The molecule has 0 saturated carbocycles. The second kappa shape index (κ2) is 6.95. The number of hydrogen-bond acceptors (Lipinski definition) is 3. The third-order valence-corrected chi connectivity index (χ3v) is 3.51. The first kappa shape index (κ1) is 13.6. The summed E-state index contributed by atoms with van der Waals surface area (Å²) in [6.07, 6.45) is 1.98. The quantitative estimate of drug-likeness (QED) is 0.701. The van der Waals surface area contributed by atoms with E-state index in [4.69, 9.17) is 4.74 Å². The molecule has 0 radical (unpaired) electrons. The third-order valence-electron chi connectivity index (χ3n) is 2.14. The molecule has 84 valence electrons. The zero-order valence-corrected chi connectivity index (χ0v) is 10.0. The van der Waals surface area contributed by atoms with Crippen LogP contribution >= 0.6 is 0 Å². The Balaban J connectivity index is 3.64. The van der Waals surface area contributed by atoms with Gasteiger partial charge in [0.05, 0.1) is 0 Å². The zero-order chi connectivity index (χ0) is 11.1. The second-order valence-corrected chi connectivity index (χ2v) is 5.07. The Morgan fingerprint density at radius 1 is 1.50 bits per heavy atom. The minimum absolute atomic E-state index is 0.119. The average molecular weight is 221 g/mol. The highest BCUT2D eigenvalue weighted by molar-refractivity contribution is 7.84. The van der Waals surface area contributed by atoms with Gasteiger partial charge in [-0.1, -0.05) is 6.92 Å². The Labute approximate surface area is 87.9 Å². The Hall–Kier alpha value is -0.420. The van der Waals surface area contributed by atoms with E-state index in [9.17, 15) is 9.00 Å². The van der Waals surface area contributed by atoms with Gasteiger partial charge >= 0.3 is 0 Å². The average Bonchev–Trinajstić information content (AvgIpc) is 2.15. The lowest BCUT2D eigenvalue weighted by molar-refractivity contribution is -0.130. The van der Waals surface area contributed by atoms with E-state index in [1.807, 2.05) is 6.92 Å². The van der Waals surface area contributed by atoms with Crippen molar-refractivity contribution < 1.29 is 13.7 Å². The van der Waals surface area contributed by atoms with Crippen LogP contribution in [0.4, 0.5) is 0 Å². The molecular formula is C9H19NO3S. The lowest BCUT2D eigenvalue weighted by Crippen LogP contribution is -2.35. The molecule has 1 amide bonds. The van der Waals surface area contributed by atoms with Gasteiger partial charge in [-0.25, -0.2) is 0 Å². The van der Waals surface area contributed by atoms with E-state index in [0.717, 1.165) is 6.42 Å². The van der Waals surface area contributed by atoms with E-state index < -0.39 is 16.9 Å². The first-order chi connectivity index (χ1) is 6.49. The van der Waals surface area contributed by atoms with Crippen LogP contribution in [0.25, 0.3) is 0 Å². The fourth-order valence-corrected chi connectivity index (χ4v) is 1.27. The number of amides is 1. The number of nitrogens with one attached hydrogen (secondary N) is 1. The standard InChI is InChI=1S/C9H19NO3S/c1-7(14(4)12)5-6-10-9(11)8(2)13-3/h7-8H,5-6H2,1-4H3,(H,10,11). The number of rotatable bonds is 6. The summed E-state index contributed by atoms with van der Waals surface area (Å²) in [5.41, 5.74) is 0. The molecular weight excluding hydrogens is 202 g/mol. The molecule has 3 atom stereocenters. The van der Waals surface area contributed by atoms with Crippen LogP contribution in [-0.4, -0.2) is 41.4 Å². The molecule has 4 nitrogen and oxygen atoms in total. The molecule has 0 aliphatic heterocycles. The number of ether oxygens (including phenoxy) is 1. The molecule has 1 N–H and O–H groups in total. The van der Waals surface area contributed by atoms with E-state index in [-0.39, 0.29) is 11.2 Å². The highest BCUT2D eigenvalue weighted by Crippen LogP contribution is 1.97. The molecule has 0 aromatic rings. The highest BCUT2D eigenvalue weighted by atomic mass is 32.2. The summed E-state index contributed by atoms with van der Waals surface area (Å²) in [5.74, 6) is -0.124. The van der Waals surface area contributed by atoms with E-state index in [1.165, 1.54) is 7.11 Å². The SMILES string of the molecule is COC(C)C(=O)NCCC(C)S(C)=O. The van der Waals surface area contributed by atoms with E-state index in [0.29, 0.717) is 6.54 Å². The van der Waals surface area contributed by atoms with Crippen molar-refractivity contribution in [1.82, 2.24) is 5.32 Å². The lowest BCUT2D eigenvalue weighted by Gasteiger charge is -2.12. The molecule has 0 saturated heterocycles. The largest absolute Gasteiger partial charge is 0.372 e. The molecule has 0 aromatic heterocycles. The molecule has 0 aromatic carbocycles. The van der Waals surface area contributed by atoms with Gasteiger partial charge in [-0.15, -0.1) is 0 Å². The molecule has 0 aliphatic rings. The summed E-state index contributed by atoms with van der Waals surface area (Å²) in [5, 5.41) is 2.84. The molecule has 0 rings (SSSR count). The lowest BCUT2D eigenvalue weighted by atomic mass is 10.3. The van der Waals surface area contributed by atoms with Gasteiger partial charge < -0.3 is 10.1 Å². The summed E-state index contributed by atoms with van der Waals surface area (Å²) in [7, 11) is 0.674. The summed E-state index contributed by atoms with van der Waals surface area (Å²) in [4.78, 5) is 11.2. The maximum absolute atomic E-state index is 11.2. The summed E-state index contributed by atoms with van der Waals surface area (Å²) >= 11 is 0. The summed E-state index contributed by atoms with van der Waals surface area (Å²) in [6, 6.07) is 0. The molecule has 0 bridgehead atoms. The number of hydrogen-bond donors (Lipinski definition) is 1. The predicted molar refractivity (Wildman–Crippen MR) is 57.6 cm³/mol. The summed E-state index contributed by atoms with van der Waals surface area (Å²) in [6.45, 7) is 4.14. The Morgan fingerprint density at radius 3 is 2.50 bits per heavy atom. The molecule has 0 fully saturated rings. The predicted octanol–water partition coefficient (Wildman–Crippen LogP) is 0.295. The van der Waals surface area contributed by atoms with Crippen molar-refractivity contribution in [3.8, 4) is 0 Å². The van der Waals surface area contributed by atoms with Crippen molar-refractivity contribution in [1.29, 1.82) is 0 Å². The topological polar surface area (TPSA) is 55.4 Å². The van der Waals surface area contributed by atoms with Crippen molar-refractivity contribution in [3.05, 3.63) is 0 Å². The fraction of sp³-hybridized carbons (Fsp3) is 0.889. The van der Waals surface area contributed by atoms with E-state index in [1.54, 1.807) is 13.2 Å². The minimum Gasteiger partial charge on any atom is -0.372 e. The van der Waals surface area contributed by atoms with Gasteiger partial charge in [0.25, 0.3) is 0 Å². The van der Waals surface area contributed by atoms with Crippen molar-refractivity contribution >= 4 is 16.7 Å². The van der Waals surface area contributed by atoms with Gasteiger partial charge in [-0.05, 0) is 13.3 Å². The second-order valence-electron chi connectivity index (χ2n) is 3.27. The van der Waals surface area contributed by atoms with Crippen LogP contribution in [0.3, 0.4) is 0 Å². The molecule has 0 aliphatic carbocycles. The Bertz CT molecular complexity index is 208. The third kappa shape index (κ3) is 5.34. The van der Waals surface area contributed by atoms with Gasteiger partial charge in [0.15, 0.2) is 0 Å². The Morgan fingerprint density at radius 2 is 2.07 bits per heavy atom. The number of methoxy groups -OCH3 is 1. The fourth-order valence-electron chi connectivity index (χ4n) is 0.815. The van der Waals surface area contributed by atoms with Crippen LogP contribution in [-0.2, 0) is 20.3 Å². The van der Waals surface area contributed by atoms with Crippen LogP contribution in [0.15, 0.2) is 0 Å². The van der Waals surface area contributed by atoms with Gasteiger partial charge in [0, 0.05) is 36.0 Å². The van der Waals surface area contributed by atoms with E-state index in [2.05, 4.69) is 5.32 Å². The molecule has 0 spiro atoms. The van der Waals surface area contributed by atoms with Crippen LogP contribution in [0.5, 0.6) is 0 Å². The first-order valence-corrected chi connectivity index (χ1v) is 6.24. The van der Waals surface area contributed by atoms with Gasteiger partial charge in [0.1, 0.15) is 6.10 Å². The maximum Gasteiger partial charge on any atom is 0.248 e. The van der Waals surface area contributed by atoms with Crippen LogP contribution in [0, 0.1) is 0 Å². The minimum atomic E-state index is -0.820. The molecule has 5 heteroatoms. The smallest absolute Gasteiger partial charge is 0.248 e. The summed E-state index contributed by atoms with van der Waals surface area (Å²) < 4.78 is 15.8. The van der Waals surface area contributed by atoms with Crippen LogP contribution in [0.1, 0.15) is 20.3 Å². The Kier molecular flexibility index (Phi) is 6.74. The van der Waals surface area contributed by atoms with Crippen molar-refractivity contribution in [2.45, 2.75) is 31.6 Å². The normalized spacial score (nSPS) is 17.1. The zero-order valence-electron chi connectivity index (χ0n) is 9.20. The monoisotopic (exact) mass is 221 g/mol. The van der Waals surface area contributed by atoms with Crippen molar-refractivity contribution in [2.24, 2.45) is 0 Å². The molecule has 0 heterocycles. The maximum atomic E-state index is 11.2. The van der Waals surface area contributed by atoms with Gasteiger partial charge in [0.2, 0.25) is 5.91 Å². The molecule has 14 heavy (non-hydrogen) atoms. The number of carbonyl (C=O) groups excluding carboxylic acids is 1. The van der Waals surface area contributed by atoms with Gasteiger partial charge in [-0.2, -0.15) is 0 Å². The number of carbonyl (C=O) groups is 1. The van der Waals surface area contributed by atoms with Crippen LogP contribution in [0.2, 0.25) is 0 Å². The van der Waals surface area contributed by atoms with Gasteiger partial charge in [-0.3, -0.25) is 9.00 Å². The molecule has 3 unspecified atom stereocenters.